The summed E-state index contributed by atoms with van der Waals surface area (Å²) in [6.07, 6.45) is 0. The van der Waals surface area contributed by atoms with Gasteiger partial charge in [-0.2, -0.15) is 13.1 Å². The maximum atomic E-state index is 10.3. The molecule has 0 heterocycles. The summed E-state index contributed by atoms with van der Waals surface area (Å²) in [6.45, 7) is 0.0547. The SMILES string of the molecule is Nc1ccc(CNS(=O)(=O)O)cc1. The van der Waals surface area contributed by atoms with Gasteiger partial charge in [0.25, 0.3) is 0 Å². The zero-order valence-electron chi connectivity index (χ0n) is 6.77. The predicted octanol–water partition coefficient (Wildman–Crippen LogP) is 0.161. The lowest BCUT2D eigenvalue weighted by molar-refractivity contribution is 0.467. The monoisotopic (exact) mass is 202 g/mol. The van der Waals surface area contributed by atoms with E-state index in [0.29, 0.717) is 5.69 Å². The molecule has 0 aliphatic rings. The summed E-state index contributed by atoms with van der Waals surface area (Å²) in [5.74, 6) is 0. The minimum Gasteiger partial charge on any atom is -0.399 e. The average Bonchev–Trinajstić information content (AvgIpc) is 2.02. The van der Waals surface area contributed by atoms with Gasteiger partial charge in [-0.25, -0.2) is 0 Å². The lowest BCUT2D eigenvalue weighted by Crippen LogP contribution is -2.21. The van der Waals surface area contributed by atoms with Crippen LogP contribution < -0.4 is 10.5 Å². The highest BCUT2D eigenvalue weighted by atomic mass is 32.2. The maximum Gasteiger partial charge on any atom is 0.333 e. The number of nitrogen functional groups attached to an aromatic ring is 1. The molecule has 6 heteroatoms. The quantitative estimate of drug-likeness (QED) is 0.481. The summed E-state index contributed by atoms with van der Waals surface area (Å²) < 4.78 is 30.9. The number of nitrogens with two attached hydrogens (primary N) is 1. The van der Waals surface area contributed by atoms with E-state index in [9.17, 15) is 8.42 Å². The second-order valence-corrected chi connectivity index (χ2v) is 3.78. The second kappa shape index (κ2) is 3.73. The molecule has 4 N–H and O–H groups in total. The van der Waals surface area contributed by atoms with Crippen molar-refractivity contribution in [3.05, 3.63) is 29.8 Å². The minimum absolute atomic E-state index is 0.0547. The van der Waals surface area contributed by atoms with Crippen molar-refractivity contribution in [1.82, 2.24) is 4.72 Å². The molecule has 0 unspecified atom stereocenters. The highest BCUT2D eigenvalue weighted by molar-refractivity contribution is 7.83. The Hall–Kier alpha value is -1.11. The number of rotatable bonds is 3. The van der Waals surface area contributed by atoms with Gasteiger partial charge < -0.3 is 5.73 Å². The van der Waals surface area contributed by atoms with Crippen LogP contribution in [0.25, 0.3) is 0 Å². The highest BCUT2D eigenvalue weighted by Crippen LogP contribution is 2.04. The number of benzene rings is 1. The van der Waals surface area contributed by atoms with Gasteiger partial charge >= 0.3 is 10.3 Å². The van der Waals surface area contributed by atoms with Gasteiger partial charge in [0.1, 0.15) is 0 Å². The standard InChI is InChI=1S/C7H10N2O3S/c8-7-3-1-6(2-4-7)5-9-13(10,11)12/h1-4,9H,5,8H2,(H,10,11,12). The molecule has 0 aromatic heterocycles. The van der Waals surface area contributed by atoms with E-state index in [1.807, 2.05) is 4.72 Å². The van der Waals surface area contributed by atoms with Crippen LogP contribution in [0.2, 0.25) is 0 Å². The van der Waals surface area contributed by atoms with Crippen molar-refractivity contribution in [2.75, 3.05) is 5.73 Å². The third kappa shape index (κ3) is 3.88. The lowest BCUT2D eigenvalue weighted by Gasteiger charge is -2.01. The Morgan fingerprint density at radius 1 is 1.31 bits per heavy atom. The van der Waals surface area contributed by atoms with Crippen molar-refractivity contribution >= 4 is 16.0 Å². The minimum atomic E-state index is -4.11. The van der Waals surface area contributed by atoms with Crippen LogP contribution >= 0.6 is 0 Å². The van der Waals surface area contributed by atoms with Crippen LogP contribution in [0.15, 0.2) is 24.3 Å². The van der Waals surface area contributed by atoms with E-state index in [2.05, 4.69) is 0 Å². The van der Waals surface area contributed by atoms with Crippen LogP contribution in [0, 0.1) is 0 Å². The zero-order valence-corrected chi connectivity index (χ0v) is 7.58. The molecular formula is C7H10N2O3S. The smallest absolute Gasteiger partial charge is 0.333 e. The van der Waals surface area contributed by atoms with Crippen LogP contribution in [0.4, 0.5) is 5.69 Å². The molecule has 0 spiro atoms. The Morgan fingerprint density at radius 3 is 2.31 bits per heavy atom. The fraction of sp³-hybridized carbons (Fsp3) is 0.143. The van der Waals surface area contributed by atoms with Gasteiger partial charge in [0.2, 0.25) is 0 Å². The molecule has 0 aliphatic heterocycles. The van der Waals surface area contributed by atoms with Crippen molar-refractivity contribution < 1.29 is 13.0 Å². The topological polar surface area (TPSA) is 92.4 Å². The highest BCUT2D eigenvalue weighted by Gasteiger charge is 2.01. The zero-order chi connectivity index (χ0) is 9.90. The van der Waals surface area contributed by atoms with E-state index in [1.54, 1.807) is 24.3 Å². The van der Waals surface area contributed by atoms with Gasteiger partial charge in [-0.1, -0.05) is 12.1 Å². The van der Waals surface area contributed by atoms with E-state index < -0.39 is 10.3 Å². The lowest BCUT2D eigenvalue weighted by atomic mass is 10.2. The summed E-state index contributed by atoms with van der Waals surface area (Å²) in [4.78, 5) is 0. The number of hydrogen-bond donors (Lipinski definition) is 3. The molecule has 1 rings (SSSR count). The Labute approximate surface area is 76.5 Å². The fourth-order valence-electron chi connectivity index (χ4n) is 0.810. The first-order valence-corrected chi connectivity index (χ1v) is 4.98. The molecule has 0 aliphatic carbocycles. The Kier molecular flexibility index (Phi) is 2.86. The fourth-order valence-corrected chi connectivity index (χ4v) is 1.16. The summed E-state index contributed by atoms with van der Waals surface area (Å²) >= 11 is 0. The second-order valence-electron chi connectivity index (χ2n) is 2.54. The first-order chi connectivity index (χ1) is 5.97. The van der Waals surface area contributed by atoms with Gasteiger partial charge in [0.15, 0.2) is 0 Å². The summed E-state index contributed by atoms with van der Waals surface area (Å²) in [7, 11) is -4.11. The molecule has 0 bridgehead atoms. The average molecular weight is 202 g/mol. The van der Waals surface area contributed by atoms with Crippen LogP contribution in [0.5, 0.6) is 0 Å². The van der Waals surface area contributed by atoms with Crippen molar-refractivity contribution in [3.63, 3.8) is 0 Å². The molecule has 0 amide bonds. The Bertz CT molecular complexity index is 371. The maximum absolute atomic E-state index is 10.3. The summed E-state index contributed by atoms with van der Waals surface area (Å²) in [6, 6.07) is 6.66. The molecule has 72 valence electrons. The number of anilines is 1. The largest absolute Gasteiger partial charge is 0.399 e. The van der Waals surface area contributed by atoms with E-state index in [0.717, 1.165) is 5.56 Å². The van der Waals surface area contributed by atoms with Crippen molar-refractivity contribution in [3.8, 4) is 0 Å². The number of nitrogens with one attached hydrogen (secondary N) is 1. The van der Waals surface area contributed by atoms with Crippen LogP contribution in [0.1, 0.15) is 5.56 Å². The van der Waals surface area contributed by atoms with Crippen molar-refractivity contribution in [2.24, 2.45) is 0 Å². The third-order valence-corrected chi connectivity index (χ3v) is 1.95. The van der Waals surface area contributed by atoms with Gasteiger partial charge in [-0.15, -0.1) is 0 Å². The third-order valence-electron chi connectivity index (χ3n) is 1.44. The van der Waals surface area contributed by atoms with Gasteiger partial charge in [-0.3, -0.25) is 4.55 Å². The molecule has 1 aromatic rings. The molecule has 0 saturated heterocycles. The van der Waals surface area contributed by atoms with Gasteiger partial charge in [-0.05, 0) is 17.7 Å². The van der Waals surface area contributed by atoms with Gasteiger partial charge in [0.05, 0.1) is 0 Å². The van der Waals surface area contributed by atoms with Gasteiger partial charge in [0, 0.05) is 12.2 Å². The van der Waals surface area contributed by atoms with Crippen LogP contribution in [0.3, 0.4) is 0 Å². The predicted molar refractivity (Wildman–Crippen MR) is 49.2 cm³/mol. The van der Waals surface area contributed by atoms with Crippen LogP contribution in [-0.4, -0.2) is 13.0 Å². The van der Waals surface area contributed by atoms with E-state index in [1.165, 1.54) is 0 Å². The number of hydrogen-bond acceptors (Lipinski definition) is 3. The van der Waals surface area contributed by atoms with Crippen molar-refractivity contribution in [2.45, 2.75) is 6.54 Å². The molecule has 0 radical (unpaired) electrons. The molecule has 5 nitrogen and oxygen atoms in total. The van der Waals surface area contributed by atoms with E-state index in [-0.39, 0.29) is 6.54 Å². The van der Waals surface area contributed by atoms with Crippen molar-refractivity contribution in [1.29, 1.82) is 0 Å². The summed E-state index contributed by atoms with van der Waals surface area (Å²) in [5.41, 5.74) is 6.76. The molecule has 13 heavy (non-hydrogen) atoms. The first-order valence-electron chi connectivity index (χ1n) is 3.54. The molecular weight excluding hydrogens is 192 g/mol. The molecule has 1 aromatic carbocycles. The normalized spacial score (nSPS) is 11.5. The molecule has 0 fully saturated rings. The first kappa shape index (κ1) is 9.97. The molecule has 0 saturated carbocycles. The Balaban J connectivity index is 2.61. The summed E-state index contributed by atoms with van der Waals surface area (Å²) in [5, 5.41) is 0. The van der Waals surface area contributed by atoms with Crippen LogP contribution in [-0.2, 0) is 16.8 Å². The van der Waals surface area contributed by atoms with E-state index >= 15 is 0 Å². The van der Waals surface area contributed by atoms with E-state index in [4.69, 9.17) is 10.3 Å². The molecule has 0 atom stereocenters. The Morgan fingerprint density at radius 2 is 1.85 bits per heavy atom.